The average Bonchev–Trinajstić information content (AvgIpc) is 2.65. The van der Waals surface area contributed by atoms with Crippen molar-refractivity contribution in [2.45, 2.75) is 13.5 Å². The maximum atomic E-state index is 12.3. The molecule has 3 aromatic rings. The van der Waals surface area contributed by atoms with Gasteiger partial charge in [-0.3, -0.25) is 9.59 Å². The zero-order valence-electron chi connectivity index (χ0n) is 14.0. The highest BCUT2D eigenvalue weighted by Gasteiger charge is 2.08. The number of ether oxygens (including phenoxy) is 1. The van der Waals surface area contributed by atoms with Crippen molar-refractivity contribution in [3.8, 4) is 11.6 Å². The summed E-state index contributed by atoms with van der Waals surface area (Å²) >= 11 is 3.36. The van der Waals surface area contributed by atoms with Gasteiger partial charge < -0.3 is 14.6 Å². The number of carbonyl (C=O) groups is 1. The fourth-order valence-corrected chi connectivity index (χ4v) is 2.52. The number of nitrogens with one attached hydrogen (secondary N) is 1. The third-order valence-corrected chi connectivity index (χ3v) is 4.15. The second kappa shape index (κ2) is 7.97. The zero-order valence-corrected chi connectivity index (χ0v) is 15.6. The van der Waals surface area contributed by atoms with E-state index in [0.29, 0.717) is 29.4 Å². The van der Waals surface area contributed by atoms with Gasteiger partial charge in [0.2, 0.25) is 5.88 Å². The van der Waals surface area contributed by atoms with E-state index in [1.165, 1.54) is 16.8 Å². The summed E-state index contributed by atoms with van der Waals surface area (Å²) in [6.07, 6.45) is 3.05. The fraction of sp³-hybridized carbons (Fsp3) is 0.105. The van der Waals surface area contributed by atoms with Crippen molar-refractivity contribution < 1.29 is 9.53 Å². The molecule has 1 N–H and O–H groups in total. The standard InChI is InChI=1S/C19H16BrN3O3/c1-2-23-12-15(6-10-18(23)24)22-19(25)13-3-9-17(21-11-13)26-16-7-4-14(20)5-8-16/h3-12H,2H2,1H3,(H,22,25). The van der Waals surface area contributed by atoms with Crippen molar-refractivity contribution in [1.82, 2.24) is 9.55 Å². The molecule has 0 aliphatic rings. The van der Waals surface area contributed by atoms with E-state index in [1.807, 2.05) is 31.2 Å². The highest BCUT2D eigenvalue weighted by atomic mass is 79.9. The quantitative estimate of drug-likeness (QED) is 0.683. The van der Waals surface area contributed by atoms with Crippen LogP contribution in [0.4, 0.5) is 5.69 Å². The minimum atomic E-state index is -0.311. The van der Waals surface area contributed by atoms with Crippen LogP contribution in [0.2, 0.25) is 0 Å². The first-order chi connectivity index (χ1) is 12.5. The van der Waals surface area contributed by atoms with Gasteiger partial charge >= 0.3 is 0 Å². The lowest BCUT2D eigenvalue weighted by molar-refractivity contribution is 0.102. The summed E-state index contributed by atoms with van der Waals surface area (Å²) in [6, 6.07) is 13.6. The molecule has 0 aliphatic heterocycles. The van der Waals surface area contributed by atoms with Gasteiger partial charge in [0.05, 0.1) is 11.3 Å². The van der Waals surface area contributed by atoms with Crippen molar-refractivity contribution in [3.63, 3.8) is 0 Å². The maximum Gasteiger partial charge on any atom is 0.257 e. The Balaban J connectivity index is 1.68. The molecule has 0 spiro atoms. The van der Waals surface area contributed by atoms with Gasteiger partial charge in [-0.1, -0.05) is 15.9 Å². The Hall–Kier alpha value is -2.93. The molecular formula is C19H16BrN3O3. The second-order valence-corrected chi connectivity index (χ2v) is 6.35. The minimum Gasteiger partial charge on any atom is -0.439 e. The van der Waals surface area contributed by atoms with Crippen LogP contribution in [0.3, 0.4) is 0 Å². The molecule has 26 heavy (non-hydrogen) atoms. The van der Waals surface area contributed by atoms with Gasteiger partial charge in [0.15, 0.2) is 0 Å². The van der Waals surface area contributed by atoms with Gasteiger partial charge in [0, 0.05) is 35.5 Å². The van der Waals surface area contributed by atoms with Crippen molar-refractivity contribution >= 4 is 27.5 Å². The third kappa shape index (κ3) is 4.37. The number of nitrogens with zero attached hydrogens (tertiary/aromatic N) is 2. The first-order valence-electron chi connectivity index (χ1n) is 7.96. The van der Waals surface area contributed by atoms with Crippen LogP contribution in [0.15, 0.2) is 70.2 Å². The number of amides is 1. The molecule has 132 valence electrons. The number of hydrogen-bond donors (Lipinski definition) is 1. The number of benzene rings is 1. The molecule has 2 heterocycles. The summed E-state index contributed by atoms with van der Waals surface area (Å²) in [5.41, 5.74) is 0.829. The van der Waals surface area contributed by atoms with Gasteiger partial charge in [-0.25, -0.2) is 4.98 Å². The lowest BCUT2D eigenvalue weighted by atomic mass is 10.2. The van der Waals surface area contributed by atoms with Crippen LogP contribution in [-0.2, 0) is 6.54 Å². The van der Waals surface area contributed by atoms with E-state index in [1.54, 1.807) is 24.4 Å². The predicted octanol–water partition coefficient (Wildman–Crippen LogP) is 4.07. The number of aromatic nitrogens is 2. The first-order valence-corrected chi connectivity index (χ1v) is 8.76. The maximum absolute atomic E-state index is 12.3. The van der Waals surface area contributed by atoms with Gasteiger partial charge in [0.1, 0.15) is 5.75 Å². The molecule has 6 nitrogen and oxygen atoms in total. The van der Waals surface area contributed by atoms with Crippen molar-refractivity contribution in [2.24, 2.45) is 0 Å². The SMILES string of the molecule is CCn1cc(NC(=O)c2ccc(Oc3ccc(Br)cc3)nc2)ccc1=O. The fourth-order valence-electron chi connectivity index (χ4n) is 2.25. The number of aryl methyl sites for hydroxylation is 1. The van der Waals surface area contributed by atoms with E-state index in [0.717, 1.165) is 4.47 Å². The second-order valence-electron chi connectivity index (χ2n) is 5.44. The lowest BCUT2D eigenvalue weighted by Crippen LogP contribution is -2.19. The number of pyridine rings is 2. The van der Waals surface area contributed by atoms with Crippen molar-refractivity contribution in [3.05, 3.63) is 81.3 Å². The molecule has 0 fully saturated rings. The zero-order chi connectivity index (χ0) is 18.5. The molecule has 1 aromatic carbocycles. The number of anilines is 1. The van der Waals surface area contributed by atoms with Gasteiger partial charge in [-0.2, -0.15) is 0 Å². The predicted molar refractivity (Wildman–Crippen MR) is 103 cm³/mol. The van der Waals surface area contributed by atoms with Crippen LogP contribution >= 0.6 is 15.9 Å². The van der Waals surface area contributed by atoms with E-state index in [4.69, 9.17) is 4.74 Å². The van der Waals surface area contributed by atoms with Crippen molar-refractivity contribution in [2.75, 3.05) is 5.32 Å². The Morgan fingerprint density at radius 1 is 1.15 bits per heavy atom. The van der Waals surface area contributed by atoms with Gasteiger partial charge in [-0.05, 0) is 43.3 Å². The van der Waals surface area contributed by atoms with Crippen LogP contribution < -0.4 is 15.6 Å². The molecular weight excluding hydrogens is 398 g/mol. The molecule has 0 saturated carbocycles. The first kappa shape index (κ1) is 17.9. The summed E-state index contributed by atoms with van der Waals surface area (Å²) in [5, 5.41) is 2.75. The normalized spacial score (nSPS) is 10.4. The Kier molecular flexibility index (Phi) is 5.48. The summed E-state index contributed by atoms with van der Waals surface area (Å²) in [6.45, 7) is 2.40. The molecule has 0 saturated heterocycles. The summed E-state index contributed by atoms with van der Waals surface area (Å²) in [4.78, 5) is 28.1. The lowest BCUT2D eigenvalue weighted by Gasteiger charge is -2.08. The summed E-state index contributed by atoms with van der Waals surface area (Å²) < 4.78 is 8.10. The molecule has 3 rings (SSSR count). The smallest absolute Gasteiger partial charge is 0.257 e. The largest absolute Gasteiger partial charge is 0.439 e. The molecule has 2 aromatic heterocycles. The average molecular weight is 414 g/mol. The van der Waals surface area contributed by atoms with E-state index in [9.17, 15) is 9.59 Å². The van der Waals surface area contributed by atoms with E-state index in [-0.39, 0.29) is 11.5 Å². The summed E-state index contributed by atoms with van der Waals surface area (Å²) in [7, 11) is 0. The highest BCUT2D eigenvalue weighted by Crippen LogP contribution is 2.21. The Labute approximate surface area is 158 Å². The molecule has 1 amide bonds. The minimum absolute atomic E-state index is 0.110. The molecule has 7 heteroatoms. The Morgan fingerprint density at radius 2 is 1.92 bits per heavy atom. The number of halogens is 1. The van der Waals surface area contributed by atoms with E-state index >= 15 is 0 Å². The number of rotatable bonds is 5. The molecule has 0 bridgehead atoms. The third-order valence-electron chi connectivity index (χ3n) is 3.62. The Bertz CT molecular complexity index is 967. The van der Waals surface area contributed by atoms with E-state index in [2.05, 4.69) is 26.2 Å². The van der Waals surface area contributed by atoms with E-state index < -0.39 is 0 Å². The van der Waals surface area contributed by atoms with Crippen LogP contribution in [-0.4, -0.2) is 15.5 Å². The molecule has 0 aliphatic carbocycles. The number of carbonyl (C=O) groups excluding carboxylic acids is 1. The monoisotopic (exact) mass is 413 g/mol. The van der Waals surface area contributed by atoms with Crippen LogP contribution in [0, 0.1) is 0 Å². The Morgan fingerprint density at radius 3 is 2.58 bits per heavy atom. The van der Waals surface area contributed by atoms with Crippen LogP contribution in [0.5, 0.6) is 11.6 Å². The van der Waals surface area contributed by atoms with Gasteiger partial charge in [-0.15, -0.1) is 0 Å². The van der Waals surface area contributed by atoms with Crippen LogP contribution in [0.25, 0.3) is 0 Å². The van der Waals surface area contributed by atoms with Crippen LogP contribution in [0.1, 0.15) is 17.3 Å². The topological polar surface area (TPSA) is 73.2 Å². The summed E-state index contributed by atoms with van der Waals surface area (Å²) in [5.74, 6) is 0.733. The molecule has 0 radical (unpaired) electrons. The molecule has 0 unspecified atom stereocenters. The van der Waals surface area contributed by atoms with Gasteiger partial charge in [0.25, 0.3) is 11.5 Å². The molecule has 0 atom stereocenters. The highest BCUT2D eigenvalue weighted by molar-refractivity contribution is 9.10. The number of hydrogen-bond acceptors (Lipinski definition) is 4. The van der Waals surface area contributed by atoms with Crippen molar-refractivity contribution in [1.29, 1.82) is 0 Å².